The monoisotopic (exact) mass is 508 g/mol. The predicted octanol–water partition coefficient (Wildman–Crippen LogP) is 3.52. The highest BCUT2D eigenvalue weighted by molar-refractivity contribution is 7.99. The van der Waals surface area contributed by atoms with Crippen LogP contribution < -0.4 is 10.2 Å². The first kappa shape index (κ1) is 24.4. The third-order valence-corrected chi connectivity index (χ3v) is 8.58. The van der Waals surface area contributed by atoms with E-state index in [-0.39, 0.29) is 17.9 Å². The Kier molecular flexibility index (Phi) is 6.98. The van der Waals surface area contributed by atoms with Crippen molar-refractivity contribution in [2.24, 2.45) is 13.0 Å². The van der Waals surface area contributed by atoms with Crippen LogP contribution in [0.4, 0.5) is 18.9 Å². The van der Waals surface area contributed by atoms with E-state index in [0.29, 0.717) is 31.1 Å². The predicted molar refractivity (Wildman–Crippen MR) is 128 cm³/mol. The molecule has 1 aromatic heterocycles. The van der Waals surface area contributed by atoms with Gasteiger partial charge in [-0.15, -0.1) is 10.2 Å². The van der Waals surface area contributed by atoms with Crippen LogP contribution in [0.3, 0.4) is 0 Å². The van der Waals surface area contributed by atoms with Crippen LogP contribution in [0.2, 0.25) is 0 Å². The fourth-order valence-electron chi connectivity index (χ4n) is 5.76. The number of hydrogen-bond acceptors (Lipinski definition) is 6. The molecular weight excluding hydrogens is 477 g/mol. The quantitative estimate of drug-likeness (QED) is 0.456. The van der Waals surface area contributed by atoms with Gasteiger partial charge >= 0.3 is 6.18 Å². The fraction of sp³-hybridized carbons (Fsp3) is 0.625. The van der Waals surface area contributed by atoms with Crippen LogP contribution in [0, 0.1) is 5.92 Å². The van der Waals surface area contributed by atoms with Crippen molar-refractivity contribution in [1.82, 2.24) is 25.0 Å². The molecule has 11 heteroatoms. The van der Waals surface area contributed by atoms with Crippen molar-refractivity contribution in [1.29, 1.82) is 0 Å². The molecule has 0 saturated carbocycles. The van der Waals surface area contributed by atoms with Crippen LogP contribution >= 0.6 is 11.8 Å². The minimum absolute atomic E-state index is 0.0642. The summed E-state index contributed by atoms with van der Waals surface area (Å²) < 4.78 is 42.7. The Morgan fingerprint density at radius 1 is 1.17 bits per heavy atom. The number of benzene rings is 1. The van der Waals surface area contributed by atoms with Gasteiger partial charge in [0.2, 0.25) is 5.91 Å². The normalized spacial score (nSPS) is 25.2. The van der Waals surface area contributed by atoms with E-state index in [1.165, 1.54) is 12.1 Å². The Balaban J connectivity index is 1.12. The van der Waals surface area contributed by atoms with E-state index in [9.17, 15) is 18.0 Å². The number of amides is 1. The molecule has 1 amide bonds. The number of piperidine rings is 1. The number of para-hydroxylation sites is 1. The van der Waals surface area contributed by atoms with Gasteiger partial charge in [0.1, 0.15) is 5.82 Å². The Morgan fingerprint density at radius 3 is 2.80 bits per heavy atom. The number of alkyl halides is 3. The number of fused-ring (bicyclic) bond motifs is 1. The van der Waals surface area contributed by atoms with Gasteiger partial charge in [-0.1, -0.05) is 23.9 Å². The van der Waals surface area contributed by atoms with Gasteiger partial charge in [0.25, 0.3) is 0 Å². The van der Waals surface area contributed by atoms with Gasteiger partial charge in [-0.25, -0.2) is 0 Å². The molecule has 5 rings (SSSR count). The number of nitrogens with one attached hydrogen (secondary N) is 1. The van der Waals surface area contributed by atoms with Crippen LogP contribution in [0.25, 0.3) is 0 Å². The van der Waals surface area contributed by atoms with Gasteiger partial charge in [-0.3, -0.25) is 4.79 Å². The fourth-order valence-corrected chi connectivity index (χ4v) is 6.60. The zero-order valence-electron chi connectivity index (χ0n) is 19.8. The standard InChI is InChI=1S/C24H31F3N6OS/c1-31-22(16-7-9-28-21(34)13-16)29-30-23(31)35-12-4-10-32-14-17-8-11-33(20(17)15-32)19-6-3-2-5-18(19)24(25,26)27/h2-3,5-6,16-17,20H,4,7-15H2,1H3,(H,28,34). The third kappa shape index (κ3) is 5.16. The lowest BCUT2D eigenvalue weighted by Gasteiger charge is -2.29. The number of nitrogens with zero attached hydrogens (tertiary/aromatic N) is 5. The van der Waals surface area contributed by atoms with Crippen molar-refractivity contribution in [3.05, 3.63) is 35.7 Å². The lowest BCUT2D eigenvalue weighted by atomic mass is 9.97. The maximum atomic E-state index is 13.6. The molecule has 3 fully saturated rings. The molecule has 3 aliphatic rings. The van der Waals surface area contributed by atoms with E-state index in [2.05, 4.69) is 20.4 Å². The zero-order chi connectivity index (χ0) is 24.6. The van der Waals surface area contributed by atoms with Crippen molar-refractivity contribution in [3.8, 4) is 0 Å². The Hall–Kier alpha value is -2.27. The van der Waals surface area contributed by atoms with E-state index in [1.807, 2.05) is 16.5 Å². The first-order valence-electron chi connectivity index (χ1n) is 12.2. The van der Waals surface area contributed by atoms with Gasteiger partial charge in [0.05, 0.1) is 5.56 Å². The summed E-state index contributed by atoms with van der Waals surface area (Å²) in [5, 5.41) is 12.4. The minimum Gasteiger partial charge on any atom is -0.366 e. The minimum atomic E-state index is -4.34. The first-order valence-corrected chi connectivity index (χ1v) is 13.2. The van der Waals surface area contributed by atoms with E-state index >= 15 is 0 Å². The van der Waals surface area contributed by atoms with Crippen LogP contribution in [0.1, 0.15) is 43.0 Å². The summed E-state index contributed by atoms with van der Waals surface area (Å²) in [7, 11) is 1.96. The largest absolute Gasteiger partial charge is 0.418 e. The topological polar surface area (TPSA) is 66.3 Å². The van der Waals surface area contributed by atoms with Gasteiger partial charge in [-0.2, -0.15) is 13.2 Å². The number of halogens is 3. The van der Waals surface area contributed by atoms with Gasteiger partial charge in [-0.05, 0) is 43.9 Å². The third-order valence-electron chi connectivity index (χ3n) is 7.47. The summed E-state index contributed by atoms with van der Waals surface area (Å²) in [6.45, 7) is 4.03. The number of carbonyl (C=O) groups is 1. The van der Waals surface area contributed by atoms with Crippen molar-refractivity contribution < 1.29 is 18.0 Å². The molecule has 2 aromatic rings. The Bertz CT molecular complexity index is 1060. The average molecular weight is 509 g/mol. The molecule has 190 valence electrons. The highest BCUT2D eigenvalue weighted by Crippen LogP contribution is 2.42. The van der Waals surface area contributed by atoms with Crippen LogP contribution in [-0.4, -0.2) is 70.1 Å². The number of carbonyl (C=O) groups excluding carboxylic acids is 1. The highest BCUT2D eigenvalue weighted by Gasteiger charge is 2.44. The molecule has 35 heavy (non-hydrogen) atoms. The average Bonchev–Trinajstić information content (AvgIpc) is 3.50. The lowest BCUT2D eigenvalue weighted by Crippen LogP contribution is -2.36. The number of aromatic nitrogens is 3. The summed E-state index contributed by atoms with van der Waals surface area (Å²) in [6, 6.07) is 6.10. The number of likely N-dealkylation sites (tertiary alicyclic amines) is 1. The Morgan fingerprint density at radius 2 is 2.00 bits per heavy atom. The van der Waals surface area contributed by atoms with Gasteiger partial charge in [0.15, 0.2) is 5.16 Å². The summed E-state index contributed by atoms with van der Waals surface area (Å²) in [6.07, 6.45) is -1.10. The molecule has 0 aliphatic carbocycles. The van der Waals surface area contributed by atoms with Crippen LogP contribution in [0.5, 0.6) is 0 Å². The molecule has 0 bridgehead atoms. The number of rotatable bonds is 7. The van der Waals surface area contributed by atoms with E-state index < -0.39 is 11.7 Å². The SMILES string of the molecule is Cn1c(SCCCN2CC3CCN(c4ccccc4C(F)(F)F)C3C2)nnc1C1CCNC(=O)C1. The molecule has 0 radical (unpaired) electrons. The molecule has 7 nitrogen and oxygen atoms in total. The molecule has 0 spiro atoms. The summed E-state index contributed by atoms with van der Waals surface area (Å²) in [5.74, 6) is 2.36. The molecule has 3 unspecified atom stereocenters. The van der Waals surface area contributed by atoms with Gasteiger partial charge < -0.3 is 19.7 Å². The van der Waals surface area contributed by atoms with Crippen molar-refractivity contribution in [2.45, 2.75) is 49.0 Å². The van der Waals surface area contributed by atoms with E-state index in [4.69, 9.17) is 0 Å². The maximum absolute atomic E-state index is 13.6. The number of thioether (sulfide) groups is 1. The summed E-state index contributed by atoms with van der Waals surface area (Å²) in [5.41, 5.74) is -0.217. The highest BCUT2D eigenvalue weighted by atomic mass is 32.2. The first-order chi connectivity index (χ1) is 16.8. The number of hydrogen-bond donors (Lipinski definition) is 1. The smallest absolute Gasteiger partial charge is 0.366 e. The molecule has 1 N–H and O–H groups in total. The molecule has 1 aromatic carbocycles. The van der Waals surface area contributed by atoms with E-state index in [1.54, 1.807) is 23.9 Å². The van der Waals surface area contributed by atoms with Crippen molar-refractivity contribution in [2.75, 3.05) is 43.4 Å². The molecule has 3 saturated heterocycles. The Labute approximate surface area is 207 Å². The van der Waals surface area contributed by atoms with Crippen molar-refractivity contribution >= 4 is 23.4 Å². The number of anilines is 1. The summed E-state index contributed by atoms with van der Waals surface area (Å²) >= 11 is 1.67. The molecule has 4 heterocycles. The second-order valence-corrected chi connectivity index (χ2v) is 10.8. The summed E-state index contributed by atoms with van der Waals surface area (Å²) in [4.78, 5) is 16.1. The maximum Gasteiger partial charge on any atom is 0.418 e. The second-order valence-electron chi connectivity index (χ2n) is 9.73. The molecular formula is C24H31F3N6OS. The zero-order valence-corrected chi connectivity index (χ0v) is 20.6. The molecule has 3 atom stereocenters. The van der Waals surface area contributed by atoms with E-state index in [0.717, 1.165) is 55.6 Å². The van der Waals surface area contributed by atoms with Gasteiger partial charge in [0, 0.05) is 63.0 Å². The van der Waals surface area contributed by atoms with Crippen LogP contribution in [0.15, 0.2) is 29.4 Å². The molecule has 3 aliphatic heterocycles. The van der Waals surface area contributed by atoms with Crippen molar-refractivity contribution in [3.63, 3.8) is 0 Å². The van der Waals surface area contributed by atoms with Crippen LogP contribution in [-0.2, 0) is 18.0 Å². The second kappa shape index (κ2) is 10.0. The lowest BCUT2D eigenvalue weighted by molar-refractivity contribution is -0.137.